The molecular formula is C14H9Br2N5O2. The Bertz CT molecular complexity index is 852. The van der Waals surface area contributed by atoms with Gasteiger partial charge >= 0.3 is 6.01 Å². The summed E-state index contributed by atoms with van der Waals surface area (Å²) in [5.74, 6) is 0.514. The maximum absolute atomic E-state index is 9.93. The van der Waals surface area contributed by atoms with Gasteiger partial charge in [0, 0.05) is 28.0 Å². The summed E-state index contributed by atoms with van der Waals surface area (Å²) in [7, 11) is 0. The second kappa shape index (κ2) is 6.88. The molecule has 0 saturated heterocycles. The number of benzene rings is 1. The van der Waals surface area contributed by atoms with Gasteiger partial charge in [-0.15, -0.1) is 0 Å². The first-order valence-corrected chi connectivity index (χ1v) is 7.93. The fraction of sp³-hybridized carbons (Fsp3) is 0. The van der Waals surface area contributed by atoms with Gasteiger partial charge in [-0.25, -0.2) is 5.43 Å². The molecular weight excluding hydrogens is 430 g/mol. The van der Waals surface area contributed by atoms with Crippen molar-refractivity contribution in [3.8, 4) is 17.1 Å². The van der Waals surface area contributed by atoms with E-state index < -0.39 is 0 Å². The van der Waals surface area contributed by atoms with Crippen LogP contribution in [0.5, 0.6) is 5.75 Å². The van der Waals surface area contributed by atoms with Crippen LogP contribution in [-0.4, -0.2) is 26.4 Å². The van der Waals surface area contributed by atoms with Gasteiger partial charge in [-0.2, -0.15) is 10.1 Å². The fourth-order valence-electron chi connectivity index (χ4n) is 1.73. The van der Waals surface area contributed by atoms with E-state index in [0.717, 1.165) is 10.0 Å². The number of halogens is 2. The van der Waals surface area contributed by atoms with Crippen LogP contribution in [0.4, 0.5) is 6.01 Å². The van der Waals surface area contributed by atoms with Crippen molar-refractivity contribution in [1.29, 1.82) is 0 Å². The van der Waals surface area contributed by atoms with Gasteiger partial charge in [0.05, 0.1) is 10.7 Å². The molecule has 1 aromatic carbocycles. The maximum Gasteiger partial charge on any atom is 0.342 e. The molecule has 2 heterocycles. The molecule has 0 radical (unpaired) electrons. The highest BCUT2D eigenvalue weighted by molar-refractivity contribution is 9.11. The average molecular weight is 439 g/mol. The normalized spacial score (nSPS) is 11.0. The van der Waals surface area contributed by atoms with Crippen molar-refractivity contribution in [2.45, 2.75) is 0 Å². The van der Waals surface area contributed by atoms with Crippen LogP contribution in [-0.2, 0) is 0 Å². The molecule has 7 nitrogen and oxygen atoms in total. The van der Waals surface area contributed by atoms with E-state index in [-0.39, 0.29) is 11.8 Å². The second-order valence-corrected chi connectivity index (χ2v) is 6.12. The quantitative estimate of drug-likeness (QED) is 0.475. The fourth-order valence-corrected chi connectivity index (χ4v) is 2.99. The third-order valence-corrected chi connectivity index (χ3v) is 3.85. The summed E-state index contributed by atoms with van der Waals surface area (Å²) >= 11 is 6.60. The van der Waals surface area contributed by atoms with Crippen molar-refractivity contribution < 1.29 is 9.63 Å². The van der Waals surface area contributed by atoms with Crippen molar-refractivity contribution >= 4 is 44.1 Å². The van der Waals surface area contributed by atoms with Crippen molar-refractivity contribution in [1.82, 2.24) is 15.1 Å². The molecule has 0 aliphatic heterocycles. The minimum Gasteiger partial charge on any atom is -0.506 e. The average Bonchev–Trinajstić information content (AvgIpc) is 3.02. The third kappa shape index (κ3) is 3.74. The Hall–Kier alpha value is -2.26. The zero-order chi connectivity index (χ0) is 16.2. The number of phenols is 1. The summed E-state index contributed by atoms with van der Waals surface area (Å²) < 4.78 is 6.42. The summed E-state index contributed by atoms with van der Waals surface area (Å²) in [4.78, 5) is 8.08. The first-order valence-electron chi connectivity index (χ1n) is 6.34. The molecule has 23 heavy (non-hydrogen) atoms. The second-order valence-electron chi connectivity index (χ2n) is 4.35. The monoisotopic (exact) mass is 437 g/mol. The van der Waals surface area contributed by atoms with Gasteiger partial charge in [-0.05, 0) is 40.2 Å². The van der Waals surface area contributed by atoms with Crippen LogP contribution >= 0.6 is 31.9 Å². The third-order valence-electron chi connectivity index (χ3n) is 2.79. The minimum absolute atomic E-state index is 0.0850. The summed E-state index contributed by atoms with van der Waals surface area (Å²) in [6, 6.07) is 7.14. The first kappa shape index (κ1) is 15.6. The van der Waals surface area contributed by atoms with Gasteiger partial charge in [-0.3, -0.25) is 4.98 Å². The largest absolute Gasteiger partial charge is 0.506 e. The highest BCUT2D eigenvalue weighted by atomic mass is 79.9. The summed E-state index contributed by atoms with van der Waals surface area (Å²) in [5, 5.41) is 17.7. The van der Waals surface area contributed by atoms with Crippen LogP contribution in [0.2, 0.25) is 0 Å². The van der Waals surface area contributed by atoms with E-state index in [1.54, 1.807) is 36.7 Å². The van der Waals surface area contributed by atoms with Crippen molar-refractivity contribution in [2.24, 2.45) is 5.10 Å². The van der Waals surface area contributed by atoms with Gasteiger partial charge in [0.25, 0.3) is 0 Å². The van der Waals surface area contributed by atoms with Gasteiger partial charge < -0.3 is 9.63 Å². The summed E-state index contributed by atoms with van der Waals surface area (Å²) in [6.07, 6.45) is 4.73. The zero-order valence-electron chi connectivity index (χ0n) is 11.4. The topological polar surface area (TPSA) is 96.4 Å². The maximum atomic E-state index is 9.93. The standard InChI is InChI=1S/C14H9Br2N5O2/c15-10-5-9(12(22)11(16)6-10)7-18-20-14-19-13(21-23-14)8-1-3-17-4-2-8/h1-7,22H,(H,19,20,21)/b18-7+. The molecule has 0 amide bonds. The molecule has 9 heteroatoms. The summed E-state index contributed by atoms with van der Waals surface area (Å²) in [5.41, 5.74) is 3.93. The molecule has 0 unspecified atom stereocenters. The molecule has 0 aliphatic rings. The van der Waals surface area contributed by atoms with Crippen LogP contribution in [0.1, 0.15) is 5.56 Å². The number of anilines is 1. The molecule has 0 bridgehead atoms. The van der Waals surface area contributed by atoms with E-state index in [9.17, 15) is 5.11 Å². The van der Waals surface area contributed by atoms with Crippen LogP contribution in [0.15, 0.2) is 55.2 Å². The number of hydrogen-bond donors (Lipinski definition) is 2. The Balaban J connectivity index is 1.73. The van der Waals surface area contributed by atoms with Gasteiger partial charge in [0.1, 0.15) is 5.75 Å². The number of rotatable bonds is 4. The van der Waals surface area contributed by atoms with Gasteiger partial charge in [0.2, 0.25) is 5.82 Å². The number of pyridine rings is 1. The van der Waals surface area contributed by atoms with Crippen LogP contribution in [0, 0.1) is 0 Å². The number of nitrogens with zero attached hydrogens (tertiary/aromatic N) is 4. The SMILES string of the molecule is Oc1c(Br)cc(Br)cc1/C=N/Nc1nc(-c2ccncc2)no1. The molecule has 0 fully saturated rings. The zero-order valence-corrected chi connectivity index (χ0v) is 14.6. The van der Waals surface area contributed by atoms with Crippen molar-refractivity contribution in [2.75, 3.05) is 5.43 Å². The number of phenolic OH excluding ortho intramolecular Hbond substituents is 1. The number of aromatic nitrogens is 3. The number of aromatic hydroxyl groups is 1. The van der Waals surface area contributed by atoms with E-state index >= 15 is 0 Å². The lowest BCUT2D eigenvalue weighted by Crippen LogP contribution is -1.92. The molecule has 0 aliphatic carbocycles. The molecule has 3 rings (SSSR count). The Morgan fingerprint density at radius 2 is 2.00 bits per heavy atom. The summed E-state index contributed by atoms with van der Waals surface area (Å²) in [6.45, 7) is 0. The Labute approximate surface area is 147 Å². The van der Waals surface area contributed by atoms with Crippen LogP contribution < -0.4 is 5.43 Å². The molecule has 0 saturated carbocycles. The lowest BCUT2D eigenvalue weighted by Gasteiger charge is -2.02. The Morgan fingerprint density at radius 3 is 2.78 bits per heavy atom. The molecule has 0 atom stereocenters. The lowest BCUT2D eigenvalue weighted by atomic mass is 10.2. The van der Waals surface area contributed by atoms with E-state index in [4.69, 9.17) is 4.52 Å². The molecule has 2 aromatic heterocycles. The Morgan fingerprint density at radius 1 is 1.22 bits per heavy atom. The van der Waals surface area contributed by atoms with Crippen LogP contribution in [0.25, 0.3) is 11.4 Å². The molecule has 3 aromatic rings. The van der Waals surface area contributed by atoms with E-state index in [2.05, 4.69) is 57.5 Å². The van der Waals surface area contributed by atoms with Gasteiger partial charge in [-0.1, -0.05) is 21.1 Å². The highest BCUT2D eigenvalue weighted by Gasteiger charge is 2.08. The predicted molar refractivity (Wildman–Crippen MR) is 92.3 cm³/mol. The molecule has 2 N–H and O–H groups in total. The highest BCUT2D eigenvalue weighted by Crippen LogP contribution is 2.30. The Kier molecular flexibility index (Phi) is 4.68. The number of hydrogen-bond acceptors (Lipinski definition) is 7. The smallest absolute Gasteiger partial charge is 0.342 e. The lowest BCUT2D eigenvalue weighted by molar-refractivity contribution is 0.433. The van der Waals surface area contributed by atoms with Gasteiger partial charge in [0.15, 0.2) is 0 Å². The molecule has 0 spiro atoms. The predicted octanol–water partition coefficient (Wildman–Crippen LogP) is 3.81. The van der Waals surface area contributed by atoms with E-state index in [0.29, 0.717) is 15.9 Å². The van der Waals surface area contributed by atoms with E-state index in [1.807, 2.05) is 0 Å². The van der Waals surface area contributed by atoms with Crippen LogP contribution in [0.3, 0.4) is 0 Å². The molecule has 116 valence electrons. The first-order chi connectivity index (χ1) is 11.1. The van der Waals surface area contributed by atoms with E-state index in [1.165, 1.54) is 6.21 Å². The van der Waals surface area contributed by atoms with Crippen molar-refractivity contribution in [3.63, 3.8) is 0 Å². The number of nitrogens with one attached hydrogen (secondary N) is 1. The number of hydrazone groups is 1. The van der Waals surface area contributed by atoms with Crippen molar-refractivity contribution in [3.05, 3.63) is 51.2 Å². The minimum atomic E-state index is 0.0850.